The van der Waals surface area contributed by atoms with Crippen molar-refractivity contribution in [3.05, 3.63) is 35.4 Å². The van der Waals surface area contributed by atoms with Gasteiger partial charge in [0.2, 0.25) is 11.8 Å². The number of piperidine rings is 1. The maximum atomic E-state index is 12.0. The molecule has 2 amide bonds. The Morgan fingerprint density at radius 1 is 1.32 bits per heavy atom. The van der Waals surface area contributed by atoms with E-state index in [0.29, 0.717) is 12.8 Å². The van der Waals surface area contributed by atoms with Crippen molar-refractivity contribution in [2.24, 2.45) is 5.92 Å². The molecule has 1 fully saturated rings. The monoisotopic (exact) mass is 260 g/mol. The van der Waals surface area contributed by atoms with Gasteiger partial charge in [-0.3, -0.25) is 9.59 Å². The molecule has 1 heterocycles. The lowest BCUT2D eigenvalue weighted by Crippen LogP contribution is -2.45. The third-order valence-corrected chi connectivity index (χ3v) is 3.86. The number of nitrogens with zero attached hydrogens (tertiary/aromatic N) is 1. The van der Waals surface area contributed by atoms with Crippen LogP contribution in [-0.4, -0.2) is 30.8 Å². The topological polar surface area (TPSA) is 49.4 Å². The van der Waals surface area contributed by atoms with Crippen molar-refractivity contribution in [1.82, 2.24) is 10.2 Å². The van der Waals surface area contributed by atoms with E-state index in [-0.39, 0.29) is 23.8 Å². The fourth-order valence-corrected chi connectivity index (χ4v) is 2.72. The molecule has 19 heavy (non-hydrogen) atoms. The standard InChI is InChI=1S/C15H20N2O2/c1-10-4-6-11(7-5-10)14-12(15(19)16-2)8-9-13(18)17(14)3/h4-7,12,14H,8-9H2,1-3H3,(H,16,19)/t12-,14+/m0/s1. The van der Waals surface area contributed by atoms with Gasteiger partial charge in [0.05, 0.1) is 12.0 Å². The highest BCUT2D eigenvalue weighted by molar-refractivity contribution is 5.84. The summed E-state index contributed by atoms with van der Waals surface area (Å²) < 4.78 is 0. The molecule has 2 rings (SSSR count). The van der Waals surface area contributed by atoms with Crippen molar-refractivity contribution in [3.63, 3.8) is 0 Å². The highest BCUT2D eigenvalue weighted by Gasteiger charge is 2.38. The SMILES string of the molecule is CNC(=O)[C@H]1CCC(=O)N(C)[C@@H]1c1ccc(C)cc1. The second-order valence-corrected chi connectivity index (χ2v) is 5.12. The summed E-state index contributed by atoms with van der Waals surface area (Å²) in [4.78, 5) is 25.6. The molecule has 4 heteroatoms. The van der Waals surface area contributed by atoms with Crippen molar-refractivity contribution < 1.29 is 9.59 Å². The number of hydrogen-bond acceptors (Lipinski definition) is 2. The highest BCUT2D eigenvalue weighted by Crippen LogP contribution is 2.35. The Morgan fingerprint density at radius 3 is 2.53 bits per heavy atom. The summed E-state index contributed by atoms with van der Waals surface area (Å²) in [5.74, 6) is -0.0638. The Labute approximate surface area is 113 Å². The van der Waals surface area contributed by atoms with Crippen LogP contribution in [0.5, 0.6) is 0 Å². The quantitative estimate of drug-likeness (QED) is 0.879. The number of aryl methyl sites for hydroxylation is 1. The van der Waals surface area contributed by atoms with Crippen LogP contribution in [0.3, 0.4) is 0 Å². The van der Waals surface area contributed by atoms with Gasteiger partial charge >= 0.3 is 0 Å². The first-order valence-electron chi connectivity index (χ1n) is 6.58. The van der Waals surface area contributed by atoms with E-state index >= 15 is 0 Å². The minimum Gasteiger partial charge on any atom is -0.359 e. The predicted molar refractivity (Wildman–Crippen MR) is 73.5 cm³/mol. The van der Waals surface area contributed by atoms with E-state index < -0.39 is 0 Å². The number of nitrogens with one attached hydrogen (secondary N) is 1. The van der Waals surface area contributed by atoms with Crippen molar-refractivity contribution in [2.45, 2.75) is 25.8 Å². The van der Waals surface area contributed by atoms with Gasteiger partial charge in [0.15, 0.2) is 0 Å². The second kappa shape index (κ2) is 5.43. The van der Waals surface area contributed by atoms with Crippen LogP contribution in [0, 0.1) is 12.8 Å². The lowest BCUT2D eigenvalue weighted by Gasteiger charge is -2.38. The highest BCUT2D eigenvalue weighted by atomic mass is 16.2. The Bertz CT molecular complexity index is 481. The number of hydrogen-bond donors (Lipinski definition) is 1. The van der Waals surface area contributed by atoms with E-state index in [4.69, 9.17) is 0 Å². The first-order valence-corrected chi connectivity index (χ1v) is 6.58. The minimum absolute atomic E-state index is 0.00456. The van der Waals surface area contributed by atoms with Crippen molar-refractivity contribution in [3.8, 4) is 0 Å². The molecule has 1 aliphatic rings. The summed E-state index contributed by atoms with van der Waals surface area (Å²) in [5.41, 5.74) is 2.19. The second-order valence-electron chi connectivity index (χ2n) is 5.12. The molecule has 0 unspecified atom stereocenters. The summed E-state index contributed by atoms with van der Waals surface area (Å²) in [6.07, 6.45) is 1.05. The van der Waals surface area contributed by atoms with Crippen LogP contribution in [0.1, 0.15) is 30.0 Å². The first-order chi connectivity index (χ1) is 9.04. The maximum Gasteiger partial charge on any atom is 0.225 e. The molecule has 0 aliphatic carbocycles. The van der Waals surface area contributed by atoms with Crippen molar-refractivity contribution in [2.75, 3.05) is 14.1 Å². The van der Waals surface area contributed by atoms with Gasteiger partial charge in [0, 0.05) is 20.5 Å². The molecule has 0 saturated carbocycles. The van der Waals surface area contributed by atoms with Gasteiger partial charge in [-0.05, 0) is 18.9 Å². The Morgan fingerprint density at radius 2 is 1.95 bits per heavy atom. The molecule has 1 saturated heterocycles. The predicted octanol–water partition coefficient (Wildman–Crippen LogP) is 1.65. The van der Waals surface area contributed by atoms with Gasteiger partial charge < -0.3 is 10.2 Å². The normalized spacial score (nSPS) is 23.3. The molecule has 1 N–H and O–H groups in total. The van der Waals surface area contributed by atoms with Crippen LogP contribution in [0.4, 0.5) is 0 Å². The van der Waals surface area contributed by atoms with E-state index in [0.717, 1.165) is 5.56 Å². The number of likely N-dealkylation sites (tertiary alicyclic amines) is 1. The molecule has 0 spiro atoms. The van der Waals surface area contributed by atoms with E-state index in [1.807, 2.05) is 31.2 Å². The van der Waals surface area contributed by atoms with Crippen LogP contribution in [0.15, 0.2) is 24.3 Å². The molecule has 4 nitrogen and oxygen atoms in total. The van der Waals surface area contributed by atoms with Gasteiger partial charge in [0.25, 0.3) is 0 Å². The van der Waals surface area contributed by atoms with Gasteiger partial charge in [-0.1, -0.05) is 29.8 Å². The molecular formula is C15H20N2O2. The fourth-order valence-electron chi connectivity index (χ4n) is 2.72. The molecule has 0 aromatic heterocycles. The zero-order chi connectivity index (χ0) is 14.0. The first kappa shape index (κ1) is 13.6. The molecule has 2 atom stereocenters. The van der Waals surface area contributed by atoms with E-state index in [9.17, 15) is 9.59 Å². The number of carbonyl (C=O) groups is 2. The van der Waals surface area contributed by atoms with Crippen LogP contribution < -0.4 is 5.32 Å². The largest absolute Gasteiger partial charge is 0.359 e. The molecular weight excluding hydrogens is 240 g/mol. The Balaban J connectivity index is 2.36. The van der Waals surface area contributed by atoms with E-state index in [1.54, 1.807) is 19.0 Å². The summed E-state index contributed by atoms with van der Waals surface area (Å²) in [6.45, 7) is 2.02. The zero-order valence-corrected chi connectivity index (χ0v) is 11.6. The van der Waals surface area contributed by atoms with E-state index in [2.05, 4.69) is 5.32 Å². The molecule has 1 aromatic rings. The average molecular weight is 260 g/mol. The molecule has 102 valence electrons. The van der Waals surface area contributed by atoms with Gasteiger partial charge in [-0.25, -0.2) is 0 Å². The summed E-state index contributed by atoms with van der Waals surface area (Å²) in [6, 6.07) is 7.88. The van der Waals surface area contributed by atoms with Crippen molar-refractivity contribution >= 4 is 11.8 Å². The van der Waals surface area contributed by atoms with Gasteiger partial charge in [-0.15, -0.1) is 0 Å². The Kier molecular flexibility index (Phi) is 3.88. The smallest absolute Gasteiger partial charge is 0.225 e. The maximum absolute atomic E-state index is 12.0. The lowest BCUT2D eigenvalue weighted by atomic mass is 9.84. The fraction of sp³-hybridized carbons (Fsp3) is 0.467. The van der Waals surface area contributed by atoms with Crippen molar-refractivity contribution in [1.29, 1.82) is 0 Å². The number of amides is 2. The summed E-state index contributed by atoms with van der Waals surface area (Å²) >= 11 is 0. The lowest BCUT2D eigenvalue weighted by molar-refractivity contribution is -0.141. The molecule has 1 aliphatic heterocycles. The third-order valence-electron chi connectivity index (χ3n) is 3.86. The van der Waals surface area contributed by atoms with Gasteiger partial charge in [0.1, 0.15) is 0 Å². The average Bonchev–Trinajstić information content (AvgIpc) is 2.42. The van der Waals surface area contributed by atoms with Crippen LogP contribution in [-0.2, 0) is 9.59 Å². The molecule has 0 radical (unpaired) electrons. The Hall–Kier alpha value is -1.84. The van der Waals surface area contributed by atoms with E-state index in [1.165, 1.54) is 5.56 Å². The third kappa shape index (κ3) is 2.62. The summed E-state index contributed by atoms with van der Waals surface area (Å²) in [7, 11) is 3.42. The zero-order valence-electron chi connectivity index (χ0n) is 11.6. The molecule has 1 aromatic carbocycles. The van der Waals surface area contributed by atoms with Crippen LogP contribution >= 0.6 is 0 Å². The van der Waals surface area contributed by atoms with Gasteiger partial charge in [-0.2, -0.15) is 0 Å². The number of rotatable bonds is 2. The minimum atomic E-state index is -0.171. The molecule has 0 bridgehead atoms. The van der Waals surface area contributed by atoms with Crippen LogP contribution in [0.25, 0.3) is 0 Å². The summed E-state index contributed by atoms with van der Waals surface area (Å²) in [5, 5.41) is 2.70. The number of benzene rings is 1. The van der Waals surface area contributed by atoms with Crippen LogP contribution in [0.2, 0.25) is 0 Å². The number of carbonyl (C=O) groups excluding carboxylic acids is 2.